The predicted octanol–water partition coefficient (Wildman–Crippen LogP) is 6.06. The number of sulfonamides is 2. The summed E-state index contributed by atoms with van der Waals surface area (Å²) < 4.78 is 97.5. The zero-order valence-corrected chi connectivity index (χ0v) is 22.1. The molecule has 0 bridgehead atoms. The van der Waals surface area contributed by atoms with E-state index >= 15 is 0 Å². The Bertz CT molecular complexity index is 1750. The first-order valence-corrected chi connectivity index (χ1v) is 15.0. The van der Waals surface area contributed by atoms with Crippen molar-refractivity contribution < 1.29 is 30.0 Å². The van der Waals surface area contributed by atoms with Crippen molar-refractivity contribution in [3.8, 4) is 0 Å². The Hall–Kier alpha value is -3.77. The van der Waals surface area contributed by atoms with Crippen molar-refractivity contribution in [2.45, 2.75) is 28.8 Å². The summed E-state index contributed by atoms with van der Waals surface area (Å²) in [6, 6.07) is 19.9. The van der Waals surface area contributed by atoms with Crippen molar-refractivity contribution in [3.05, 3.63) is 90.5 Å². The lowest BCUT2D eigenvalue weighted by Gasteiger charge is -2.23. The standard InChI is InChI=1S/C27H24F3N3O4S2/c28-27(29,30)21-8-5-9-22(17-21)32-39(36,37)26-18-23(11-13-25(26)33-14-3-4-15-33)31-38(34,35)24-12-10-19-6-1-2-7-20(19)16-24/h1-2,5-13,16-18,31-32H,3-4,14-15H2. The Kier molecular flexibility index (Phi) is 6.93. The Balaban J connectivity index is 1.51. The highest BCUT2D eigenvalue weighted by Crippen LogP contribution is 2.35. The van der Waals surface area contributed by atoms with E-state index in [9.17, 15) is 30.0 Å². The van der Waals surface area contributed by atoms with E-state index < -0.39 is 31.8 Å². The minimum atomic E-state index is -4.65. The van der Waals surface area contributed by atoms with Crippen LogP contribution in [0, 0.1) is 0 Å². The molecule has 1 aliphatic heterocycles. The topological polar surface area (TPSA) is 95.6 Å². The molecule has 4 aromatic carbocycles. The molecule has 1 heterocycles. The second-order valence-electron chi connectivity index (χ2n) is 9.18. The molecular formula is C27H24F3N3O4S2. The van der Waals surface area contributed by atoms with Crippen LogP contribution in [-0.2, 0) is 26.2 Å². The lowest BCUT2D eigenvalue weighted by molar-refractivity contribution is -0.137. The van der Waals surface area contributed by atoms with Crippen LogP contribution in [0.25, 0.3) is 10.8 Å². The van der Waals surface area contributed by atoms with Crippen molar-refractivity contribution in [3.63, 3.8) is 0 Å². The van der Waals surface area contributed by atoms with Crippen LogP contribution in [0.5, 0.6) is 0 Å². The van der Waals surface area contributed by atoms with E-state index in [1.54, 1.807) is 18.2 Å². The van der Waals surface area contributed by atoms with Crippen molar-refractivity contribution in [2.75, 3.05) is 27.4 Å². The molecular weight excluding hydrogens is 551 g/mol. The third kappa shape index (κ3) is 5.81. The minimum Gasteiger partial charge on any atom is -0.370 e. The van der Waals surface area contributed by atoms with Gasteiger partial charge in [-0.15, -0.1) is 0 Å². The second-order valence-corrected chi connectivity index (χ2v) is 12.5. The van der Waals surface area contributed by atoms with E-state index in [1.807, 2.05) is 17.0 Å². The molecule has 0 radical (unpaired) electrons. The van der Waals surface area contributed by atoms with E-state index in [0.29, 0.717) is 24.8 Å². The van der Waals surface area contributed by atoms with Crippen LogP contribution >= 0.6 is 0 Å². The first-order valence-electron chi connectivity index (χ1n) is 12.0. The molecule has 0 amide bonds. The van der Waals surface area contributed by atoms with Gasteiger partial charge in [0.1, 0.15) is 4.90 Å². The highest BCUT2D eigenvalue weighted by molar-refractivity contribution is 7.93. The maximum absolute atomic E-state index is 13.5. The van der Waals surface area contributed by atoms with Crippen LogP contribution in [0.2, 0.25) is 0 Å². The van der Waals surface area contributed by atoms with Crippen LogP contribution in [0.3, 0.4) is 0 Å². The van der Waals surface area contributed by atoms with Gasteiger partial charge in [-0.1, -0.05) is 36.4 Å². The highest BCUT2D eigenvalue weighted by atomic mass is 32.2. The first kappa shape index (κ1) is 26.8. The molecule has 7 nitrogen and oxygen atoms in total. The molecule has 0 saturated carbocycles. The molecule has 4 aromatic rings. The Morgan fingerprint density at radius 2 is 1.33 bits per heavy atom. The van der Waals surface area contributed by atoms with Gasteiger partial charge in [0.25, 0.3) is 20.0 Å². The van der Waals surface area contributed by atoms with Gasteiger partial charge in [0.2, 0.25) is 0 Å². The molecule has 0 aromatic heterocycles. The average molecular weight is 576 g/mol. The minimum absolute atomic E-state index is 0.00341. The van der Waals surface area contributed by atoms with Gasteiger partial charge < -0.3 is 4.90 Å². The number of nitrogens with zero attached hydrogens (tertiary/aromatic N) is 1. The number of halogens is 3. The number of nitrogens with one attached hydrogen (secondary N) is 2. The second kappa shape index (κ2) is 10.1. The largest absolute Gasteiger partial charge is 0.416 e. The molecule has 0 atom stereocenters. The van der Waals surface area contributed by atoms with Gasteiger partial charge in [0, 0.05) is 18.8 Å². The summed E-state index contributed by atoms with van der Waals surface area (Å²) >= 11 is 0. The molecule has 0 spiro atoms. The van der Waals surface area contributed by atoms with Crippen LogP contribution in [-0.4, -0.2) is 29.9 Å². The normalized spacial score (nSPS) is 14.5. The molecule has 0 aliphatic carbocycles. The number of hydrogen-bond acceptors (Lipinski definition) is 5. The molecule has 0 unspecified atom stereocenters. The Labute approximate surface area is 224 Å². The molecule has 12 heteroatoms. The predicted molar refractivity (Wildman–Crippen MR) is 145 cm³/mol. The summed E-state index contributed by atoms with van der Waals surface area (Å²) in [5.41, 5.74) is -0.935. The van der Waals surface area contributed by atoms with Gasteiger partial charge in [-0.25, -0.2) is 16.8 Å². The van der Waals surface area contributed by atoms with Crippen LogP contribution in [0.15, 0.2) is 94.7 Å². The van der Waals surface area contributed by atoms with Gasteiger partial charge in [0.15, 0.2) is 0 Å². The summed E-state index contributed by atoms with van der Waals surface area (Å²) in [5, 5.41) is 1.58. The average Bonchev–Trinajstić information content (AvgIpc) is 3.42. The van der Waals surface area contributed by atoms with Crippen LogP contribution < -0.4 is 14.3 Å². The van der Waals surface area contributed by atoms with Crippen molar-refractivity contribution >= 4 is 47.9 Å². The number of hydrogen-bond donors (Lipinski definition) is 2. The number of fused-ring (bicyclic) bond motifs is 1. The van der Waals surface area contributed by atoms with Gasteiger partial charge in [0.05, 0.1) is 21.8 Å². The Morgan fingerprint density at radius 3 is 2.05 bits per heavy atom. The molecule has 1 saturated heterocycles. The van der Waals surface area contributed by atoms with E-state index in [1.165, 1.54) is 36.4 Å². The fourth-order valence-electron chi connectivity index (χ4n) is 4.53. The summed E-state index contributed by atoms with van der Waals surface area (Å²) in [7, 11) is -8.49. The molecule has 1 aliphatic rings. The highest BCUT2D eigenvalue weighted by Gasteiger charge is 2.31. The monoisotopic (exact) mass is 575 g/mol. The molecule has 1 fully saturated rings. The number of benzene rings is 4. The van der Waals surface area contributed by atoms with Gasteiger partial charge in [-0.3, -0.25) is 9.44 Å². The zero-order valence-electron chi connectivity index (χ0n) is 20.4. The van der Waals surface area contributed by atoms with Gasteiger partial charge in [-0.2, -0.15) is 13.2 Å². The van der Waals surface area contributed by atoms with Gasteiger partial charge in [-0.05, 0) is 72.1 Å². The lowest BCUT2D eigenvalue weighted by Crippen LogP contribution is -2.23. The van der Waals surface area contributed by atoms with Crippen molar-refractivity contribution in [2.24, 2.45) is 0 Å². The fourth-order valence-corrected chi connectivity index (χ4v) is 6.92. The first-order chi connectivity index (χ1) is 18.4. The van der Waals surface area contributed by atoms with Crippen LogP contribution in [0.4, 0.5) is 30.2 Å². The maximum Gasteiger partial charge on any atom is 0.416 e. The van der Waals surface area contributed by atoms with E-state index in [2.05, 4.69) is 9.44 Å². The molecule has 5 rings (SSSR count). The lowest BCUT2D eigenvalue weighted by atomic mass is 10.1. The summed E-state index contributed by atoms with van der Waals surface area (Å²) in [4.78, 5) is 1.60. The number of rotatable bonds is 7. The third-order valence-corrected chi connectivity index (χ3v) is 9.21. The summed E-state index contributed by atoms with van der Waals surface area (Å²) in [6.45, 7) is 1.18. The SMILES string of the molecule is O=S(=O)(Nc1ccc(N2CCCC2)c(S(=O)(=O)Nc2cccc(C(F)(F)F)c2)c1)c1ccc2ccccc2c1. The van der Waals surface area contributed by atoms with E-state index in [4.69, 9.17) is 0 Å². The fraction of sp³-hybridized carbons (Fsp3) is 0.185. The quantitative estimate of drug-likeness (QED) is 0.279. The summed E-state index contributed by atoms with van der Waals surface area (Å²) in [5.74, 6) is 0. The van der Waals surface area contributed by atoms with Gasteiger partial charge >= 0.3 is 6.18 Å². The molecule has 204 valence electrons. The summed E-state index contributed by atoms with van der Waals surface area (Å²) in [6.07, 6.45) is -2.96. The van der Waals surface area contributed by atoms with Crippen molar-refractivity contribution in [1.29, 1.82) is 0 Å². The van der Waals surface area contributed by atoms with E-state index in [-0.39, 0.29) is 21.2 Å². The Morgan fingerprint density at radius 1 is 0.667 bits per heavy atom. The molecule has 39 heavy (non-hydrogen) atoms. The molecule has 2 N–H and O–H groups in total. The van der Waals surface area contributed by atoms with E-state index in [0.717, 1.165) is 35.7 Å². The zero-order chi connectivity index (χ0) is 27.8. The third-order valence-electron chi connectivity index (χ3n) is 6.42. The smallest absolute Gasteiger partial charge is 0.370 e. The van der Waals surface area contributed by atoms with Crippen molar-refractivity contribution in [1.82, 2.24) is 0 Å². The maximum atomic E-state index is 13.5. The number of alkyl halides is 3. The number of anilines is 3. The van der Waals surface area contributed by atoms with Crippen LogP contribution in [0.1, 0.15) is 18.4 Å².